The Kier molecular flexibility index (Phi) is 6.50. The van der Waals surface area contributed by atoms with Crippen LogP contribution in [0.15, 0.2) is 29.4 Å². The van der Waals surface area contributed by atoms with Gasteiger partial charge in [-0.05, 0) is 28.7 Å². The summed E-state index contributed by atoms with van der Waals surface area (Å²) in [7, 11) is 0. The van der Waals surface area contributed by atoms with Crippen molar-refractivity contribution in [3.63, 3.8) is 0 Å². The molecule has 0 aliphatic carbocycles. The summed E-state index contributed by atoms with van der Waals surface area (Å²) >= 11 is 1.55. The molecule has 0 atom stereocenters. The van der Waals surface area contributed by atoms with Crippen LogP contribution in [-0.4, -0.2) is 34.3 Å². The lowest BCUT2D eigenvalue weighted by atomic mass is 9.85. The standard InChI is InChI=1S/C19H24N4O2S/c1-19(2,3)13-6-12(18(15(21)8-13)26-5-4-20)7-17(25)16-9-14(10-24)22-11-23-16/h6,8-11H,4-5,7,20-21H2,1-3H3. The van der Waals surface area contributed by atoms with E-state index in [0.29, 0.717) is 24.3 Å². The fraction of sp³-hybridized carbons (Fsp3) is 0.368. The van der Waals surface area contributed by atoms with Crippen molar-refractivity contribution in [1.29, 1.82) is 0 Å². The van der Waals surface area contributed by atoms with Crippen molar-refractivity contribution >= 4 is 29.5 Å². The second kappa shape index (κ2) is 8.42. The number of benzene rings is 1. The van der Waals surface area contributed by atoms with E-state index in [0.717, 1.165) is 16.0 Å². The molecule has 2 rings (SSSR count). The van der Waals surface area contributed by atoms with Crippen molar-refractivity contribution in [2.75, 3.05) is 18.0 Å². The van der Waals surface area contributed by atoms with E-state index in [1.165, 1.54) is 12.4 Å². The highest BCUT2D eigenvalue weighted by atomic mass is 32.2. The van der Waals surface area contributed by atoms with Gasteiger partial charge in [-0.2, -0.15) is 0 Å². The number of aromatic nitrogens is 2. The van der Waals surface area contributed by atoms with Gasteiger partial charge >= 0.3 is 0 Å². The van der Waals surface area contributed by atoms with Crippen molar-refractivity contribution in [3.05, 3.63) is 47.0 Å². The van der Waals surface area contributed by atoms with Crippen LogP contribution in [0.1, 0.15) is 52.9 Å². The number of rotatable bonds is 7. The number of hydrogen-bond donors (Lipinski definition) is 2. The topological polar surface area (TPSA) is 112 Å². The predicted molar refractivity (Wildman–Crippen MR) is 105 cm³/mol. The Labute approximate surface area is 157 Å². The Morgan fingerprint density at radius 2 is 1.96 bits per heavy atom. The Morgan fingerprint density at radius 3 is 2.58 bits per heavy atom. The minimum absolute atomic E-state index is 0.0947. The Balaban J connectivity index is 2.42. The average Bonchev–Trinajstić information content (AvgIpc) is 2.60. The first kappa shape index (κ1) is 20.1. The molecule has 4 N–H and O–H groups in total. The number of nitrogens with two attached hydrogens (primary N) is 2. The SMILES string of the molecule is CC(C)(C)c1cc(N)c(SCCN)c(CC(=O)c2cc(C=O)ncn2)c1. The van der Waals surface area contributed by atoms with E-state index in [4.69, 9.17) is 11.5 Å². The number of aldehydes is 1. The first-order chi connectivity index (χ1) is 12.3. The lowest BCUT2D eigenvalue weighted by Gasteiger charge is -2.22. The maximum atomic E-state index is 12.7. The van der Waals surface area contributed by atoms with Gasteiger partial charge in [0, 0.05) is 29.3 Å². The van der Waals surface area contributed by atoms with Gasteiger partial charge in [0.05, 0.1) is 0 Å². The van der Waals surface area contributed by atoms with Gasteiger partial charge in [0.1, 0.15) is 17.7 Å². The Bertz CT molecular complexity index is 816. The first-order valence-electron chi connectivity index (χ1n) is 8.32. The third-order valence-corrected chi connectivity index (χ3v) is 5.10. The number of carbonyl (C=O) groups is 2. The molecule has 1 heterocycles. The van der Waals surface area contributed by atoms with Crippen molar-refractivity contribution < 1.29 is 9.59 Å². The smallest absolute Gasteiger partial charge is 0.185 e. The van der Waals surface area contributed by atoms with E-state index in [9.17, 15) is 9.59 Å². The van der Waals surface area contributed by atoms with Crippen LogP contribution in [0, 0.1) is 0 Å². The van der Waals surface area contributed by atoms with Crippen molar-refractivity contribution in [2.45, 2.75) is 37.5 Å². The predicted octanol–water partition coefficient (Wildman–Crippen LogP) is 2.65. The molecule has 26 heavy (non-hydrogen) atoms. The van der Waals surface area contributed by atoms with Gasteiger partial charge in [0.15, 0.2) is 12.1 Å². The quantitative estimate of drug-likeness (QED) is 0.332. The third-order valence-electron chi connectivity index (χ3n) is 3.87. The molecule has 0 radical (unpaired) electrons. The van der Waals surface area contributed by atoms with Gasteiger partial charge in [-0.25, -0.2) is 9.97 Å². The molecule has 6 nitrogen and oxygen atoms in total. The molecule has 0 amide bonds. The van der Waals surface area contributed by atoms with E-state index in [2.05, 4.69) is 30.7 Å². The third kappa shape index (κ3) is 4.89. The molecule has 0 aliphatic rings. The highest BCUT2D eigenvalue weighted by Gasteiger charge is 2.20. The van der Waals surface area contributed by atoms with Crippen LogP contribution in [0.4, 0.5) is 5.69 Å². The Hall–Kier alpha value is -2.25. The summed E-state index contributed by atoms with van der Waals surface area (Å²) in [6.07, 6.45) is 1.97. The average molecular weight is 372 g/mol. The highest BCUT2D eigenvalue weighted by Crippen LogP contribution is 2.35. The molecular formula is C19H24N4O2S. The summed E-state index contributed by atoms with van der Waals surface area (Å²) in [6.45, 7) is 6.82. The zero-order valence-electron chi connectivity index (χ0n) is 15.3. The van der Waals surface area contributed by atoms with Gasteiger partial charge < -0.3 is 11.5 Å². The van der Waals surface area contributed by atoms with E-state index in [1.807, 2.05) is 12.1 Å². The number of thioether (sulfide) groups is 1. The van der Waals surface area contributed by atoms with E-state index in [1.54, 1.807) is 11.8 Å². The van der Waals surface area contributed by atoms with Gasteiger partial charge in [-0.3, -0.25) is 9.59 Å². The molecule has 1 aromatic carbocycles. The maximum Gasteiger partial charge on any atom is 0.185 e. The molecule has 0 bridgehead atoms. The van der Waals surface area contributed by atoms with E-state index in [-0.39, 0.29) is 29.0 Å². The monoisotopic (exact) mass is 372 g/mol. The van der Waals surface area contributed by atoms with Gasteiger partial charge in [-0.1, -0.05) is 26.8 Å². The lowest BCUT2D eigenvalue weighted by Crippen LogP contribution is -2.15. The van der Waals surface area contributed by atoms with Crippen LogP contribution in [-0.2, 0) is 11.8 Å². The number of anilines is 1. The molecule has 0 saturated heterocycles. The maximum absolute atomic E-state index is 12.7. The van der Waals surface area contributed by atoms with Crippen LogP contribution >= 0.6 is 11.8 Å². The van der Waals surface area contributed by atoms with Crippen LogP contribution in [0.2, 0.25) is 0 Å². The number of nitrogen functional groups attached to an aromatic ring is 1. The van der Waals surface area contributed by atoms with Crippen molar-refractivity contribution in [3.8, 4) is 0 Å². The molecular weight excluding hydrogens is 348 g/mol. The number of Topliss-reactive ketones (excluding diaryl/α,β-unsaturated/α-hetero) is 1. The summed E-state index contributed by atoms with van der Waals surface area (Å²) in [4.78, 5) is 32.2. The number of hydrogen-bond acceptors (Lipinski definition) is 7. The summed E-state index contributed by atoms with van der Waals surface area (Å²) in [6, 6.07) is 5.38. The molecule has 0 aliphatic heterocycles. The lowest BCUT2D eigenvalue weighted by molar-refractivity contribution is 0.0987. The normalized spacial score (nSPS) is 11.4. The van der Waals surface area contributed by atoms with Crippen LogP contribution < -0.4 is 11.5 Å². The minimum Gasteiger partial charge on any atom is -0.398 e. The van der Waals surface area contributed by atoms with Crippen LogP contribution in [0.25, 0.3) is 0 Å². The summed E-state index contributed by atoms with van der Waals surface area (Å²) in [5.74, 6) is 0.527. The molecule has 7 heteroatoms. The molecule has 0 spiro atoms. The van der Waals surface area contributed by atoms with E-state index >= 15 is 0 Å². The highest BCUT2D eigenvalue weighted by molar-refractivity contribution is 7.99. The number of nitrogens with zero attached hydrogens (tertiary/aromatic N) is 2. The molecule has 1 aromatic heterocycles. The van der Waals surface area contributed by atoms with Crippen molar-refractivity contribution in [2.24, 2.45) is 5.73 Å². The second-order valence-electron chi connectivity index (χ2n) is 6.99. The molecule has 0 unspecified atom stereocenters. The van der Waals surface area contributed by atoms with E-state index < -0.39 is 0 Å². The molecule has 0 saturated carbocycles. The van der Waals surface area contributed by atoms with Gasteiger partial charge in [0.25, 0.3) is 0 Å². The number of ketones is 1. The zero-order valence-corrected chi connectivity index (χ0v) is 16.1. The van der Waals surface area contributed by atoms with Crippen LogP contribution in [0.3, 0.4) is 0 Å². The largest absolute Gasteiger partial charge is 0.398 e. The van der Waals surface area contributed by atoms with Gasteiger partial charge in [0.2, 0.25) is 0 Å². The minimum atomic E-state index is -0.185. The fourth-order valence-electron chi connectivity index (χ4n) is 2.47. The zero-order chi connectivity index (χ0) is 19.3. The summed E-state index contributed by atoms with van der Waals surface area (Å²) in [5, 5.41) is 0. The fourth-order valence-corrected chi connectivity index (χ4v) is 3.33. The summed E-state index contributed by atoms with van der Waals surface area (Å²) in [5.41, 5.74) is 14.8. The van der Waals surface area contributed by atoms with Crippen LogP contribution in [0.5, 0.6) is 0 Å². The molecule has 138 valence electrons. The molecule has 0 fully saturated rings. The van der Waals surface area contributed by atoms with Gasteiger partial charge in [-0.15, -0.1) is 11.8 Å². The molecule has 2 aromatic rings. The number of carbonyl (C=O) groups excluding carboxylic acids is 2. The summed E-state index contributed by atoms with van der Waals surface area (Å²) < 4.78 is 0. The Morgan fingerprint density at radius 1 is 1.23 bits per heavy atom. The first-order valence-corrected chi connectivity index (χ1v) is 9.31. The van der Waals surface area contributed by atoms with Crippen molar-refractivity contribution in [1.82, 2.24) is 9.97 Å². The second-order valence-corrected chi connectivity index (χ2v) is 8.09.